The summed E-state index contributed by atoms with van der Waals surface area (Å²) in [6.07, 6.45) is 10.5. The number of allylic oxidation sites excluding steroid dienone is 1. The van der Waals surface area contributed by atoms with Crippen molar-refractivity contribution in [1.29, 1.82) is 0 Å². The van der Waals surface area contributed by atoms with Crippen LogP contribution in [0.3, 0.4) is 0 Å². The molecule has 1 saturated heterocycles. The van der Waals surface area contributed by atoms with Crippen LogP contribution < -0.4 is 0 Å². The Morgan fingerprint density at radius 2 is 1.93 bits per heavy atom. The minimum atomic E-state index is -1.44. The number of Topliss-reactive ketones (excluding diaryl/α,β-unsaturated/α-hetero) is 1. The SMILES string of the molecule is CC12Cc3cnn(C4CCOCC4)c3C=C1CCC1C2C(O)CC2(C)C1CCC2(O)C(=O)CSc1ccc2ccccc2n1. The zero-order valence-corrected chi connectivity index (χ0v) is 26.6. The molecule has 1 aromatic carbocycles. The highest BCUT2D eigenvalue weighted by molar-refractivity contribution is 7.99. The van der Waals surface area contributed by atoms with Crippen molar-refractivity contribution in [2.75, 3.05) is 19.0 Å². The zero-order valence-electron chi connectivity index (χ0n) is 25.7. The molecular formula is C36H43N3O4S. The molecule has 3 saturated carbocycles. The summed E-state index contributed by atoms with van der Waals surface area (Å²) in [5, 5.41) is 30.9. The van der Waals surface area contributed by atoms with Gasteiger partial charge in [0.2, 0.25) is 0 Å². The number of aliphatic hydroxyl groups excluding tert-OH is 1. The highest BCUT2D eigenvalue weighted by atomic mass is 32.2. The van der Waals surface area contributed by atoms with E-state index in [1.54, 1.807) is 0 Å². The number of rotatable bonds is 5. The van der Waals surface area contributed by atoms with E-state index in [1.165, 1.54) is 28.6 Å². The first-order valence-corrected chi connectivity index (χ1v) is 17.5. The second kappa shape index (κ2) is 10.5. The van der Waals surface area contributed by atoms with Crippen molar-refractivity contribution in [2.24, 2.45) is 28.6 Å². The van der Waals surface area contributed by atoms with Gasteiger partial charge in [-0.05, 0) is 98.3 Å². The molecule has 3 aromatic rings. The van der Waals surface area contributed by atoms with E-state index < -0.39 is 17.1 Å². The van der Waals surface area contributed by atoms with E-state index in [2.05, 4.69) is 30.8 Å². The van der Waals surface area contributed by atoms with Crippen molar-refractivity contribution in [1.82, 2.24) is 14.8 Å². The van der Waals surface area contributed by atoms with E-state index in [0.29, 0.717) is 18.9 Å². The maximum atomic E-state index is 13.9. The number of benzene rings is 1. The van der Waals surface area contributed by atoms with Crippen LogP contribution >= 0.6 is 11.8 Å². The monoisotopic (exact) mass is 613 g/mol. The van der Waals surface area contributed by atoms with Crippen molar-refractivity contribution in [3.8, 4) is 0 Å². The Bertz CT molecular complexity index is 1650. The van der Waals surface area contributed by atoms with Gasteiger partial charge in [-0.25, -0.2) is 4.98 Å². The van der Waals surface area contributed by atoms with Crippen molar-refractivity contribution in [2.45, 2.75) is 88.0 Å². The minimum absolute atomic E-state index is 0.105. The van der Waals surface area contributed by atoms with Crippen LogP contribution in [-0.4, -0.2) is 61.4 Å². The highest BCUT2D eigenvalue weighted by Gasteiger charge is 2.68. The fourth-order valence-corrected chi connectivity index (χ4v) is 11.1. The Balaban J connectivity index is 1.03. The summed E-state index contributed by atoms with van der Waals surface area (Å²) in [6, 6.07) is 12.3. The summed E-state index contributed by atoms with van der Waals surface area (Å²) in [7, 11) is 0. The van der Waals surface area contributed by atoms with Crippen LogP contribution in [-0.2, 0) is 16.0 Å². The van der Waals surface area contributed by atoms with E-state index in [1.807, 2.05) is 36.4 Å². The lowest BCUT2D eigenvalue weighted by Gasteiger charge is -2.60. The second-order valence-corrected chi connectivity index (χ2v) is 15.6. The van der Waals surface area contributed by atoms with Crippen LogP contribution in [0.1, 0.15) is 76.1 Å². The van der Waals surface area contributed by atoms with E-state index in [4.69, 9.17) is 14.8 Å². The normalized spacial score (nSPS) is 36.7. The average molecular weight is 614 g/mol. The van der Waals surface area contributed by atoms with Crippen LogP contribution in [0.5, 0.6) is 0 Å². The predicted molar refractivity (Wildman–Crippen MR) is 171 cm³/mol. The molecule has 0 amide bonds. The molecule has 7 nitrogen and oxygen atoms in total. The van der Waals surface area contributed by atoms with Gasteiger partial charge in [-0.2, -0.15) is 5.10 Å². The summed E-state index contributed by atoms with van der Waals surface area (Å²) in [5.74, 6) is 0.638. The first-order valence-electron chi connectivity index (χ1n) is 16.5. The number of hydrogen-bond donors (Lipinski definition) is 2. The number of carbonyl (C=O) groups is 1. The van der Waals surface area contributed by atoms with Gasteiger partial charge in [0.15, 0.2) is 5.78 Å². The lowest BCUT2D eigenvalue weighted by molar-refractivity contribution is -0.177. The molecule has 4 fully saturated rings. The molecule has 0 radical (unpaired) electrons. The number of fused-ring (bicyclic) bond motifs is 7. The molecule has 0 bridgehead atoms. The van der Waals surface area contributed by atoms with Gasteiger partial charge in [-0.1, -0.05) is 55.4 Å². The van der Waals surface area contributed by atoms with E-state index in [-0.39, 0.29) is 34.7 Å². The summed E-state index contributed by atoms with van der Waals surface area (Å²) in [6.45, 7) is 6.02. The molecule has 44 heavy (non-hydrogen) atoms. The van der Waals surface area contributed by atoms with Crippen LogP contribution in [0.25, 0.3) is 17.0 Å². The third-order valence-electron chi connectivity index (χ3n) is 12.5. The van der Waals surface area contributed by atoms with Gasteiger partial charge in [0, 0.05) is 24.0 Å². The van der Waals surface area contributed by atoms with Gasteiger partial charge in [-0.3, -0.25) is 9.48 Å². The molecule has 2 N–H and O–H groups in total. The summed E-state index contributed by atoms with van der Waals surface area (Å²) < 4.78 is 7.84. The standard InChI is InChI=1S/C36H43N3O4S/c1-34-18-23-20-37-39(25-12-15-43-16-13-25)29(23)17-24(34)8-9-26-27-11-14-36(42,35(27,2)19-30(40)33(26)34)31(41)21-44-32-10-7-22-5-3-4-6-28(22)38-32/h3-7,10,17,20,25-27,30,33,40,42H,8-9,11-16,18-19,21H2,1-2H3. The number of thioether (sulfide) groups is 1. The Kier molecular flexibility index (Phi) is 6.91. The van der Waals surface area contributed by atoms with Crippen LogP contribution in [0.2, 0.25) is 0 Å². The summed E-state index contributed by atoms with van der Waals surface area (Å²) >= 11 is 1.40. The number of hydrogen-bond acceptors (Lipinski definition) is 7. The van der Waals surface area contributed by atoms with Crippen LogP contribution in [0, 0.1) is 28.6 Å². The first-order chi connectivity index (χ1) is 21.2. The molecule has 3 heterocycles. The fraction of sp³-hybridized carbons (Fsp3) is 0.583. The maximum Gasteiger partial charge on any atom is 0.175 e. The number of ketones is 1. The third kappa shape index (κ3) is 4.24. The highest BCUT2D eigenvalue weighted by Crippen LogP contribution is 2.67. The lowest BCUT2D eigenvalue weighted by Crippen LogP contribution is -2.62. The topological polar surface area (TPSA) is 97.5 Å². The number of nitrogens with zero attached hydrogens (tertiary/aromatic N) is 3. The molecule has 1 aliphatic heterocycles. The van der Waals surface area contributed by atoms with Gasteiger partial charge in [-0.15, -0.1) is 0 Å². The number of aromatic nitrogens is 3. The quantitative estimate of drug-likeness (QED) is 0.339. The summed E-state index contributed by atoms with van der Waals surface area (Å²) in [4.78, 5) is 18.6. The molecule has 0 spiro atoms. The number of pyridine rings is 1. The Labute approximate surface area is 263 Å². The largest absolute Gasteiger partial charge is 0.393 e. The van der Waals surface area contributed by atoms with Gasteiger partial charge >= 0.3 is 0 Å². The van der Waals surface area contributed by atoms with E-state index >= 15 is 0 Å². The molecule has 7 atom stereocenters. The van der Waals surface area contributed by atoms with Gasteiger partial charge < -0.3 is 14.9 Å². The first kappa shape index (κ1) is 28.9. The van der Waals surface area contributed by atoms with Gasteiger partial charge in [0.25, 0.3) is 0 Å². The minimum Gasteiger partial charge on any atom is -0.393 e. The number of carbonyl (C=O) groups excluding carboxylic acids is 1. The van der Waals surface area contributed by atoms with E-state index in [0.717, 1.165) is 67.7 Å². The second-order valence-electron chi connectivity index (χ2n) is 14.6. The molecule has 232 valence electrons. The Morgan fingerprint density at radius 3 is 2.77 bits per heavy atom. The number of para-hydroxylation sites is 1. The van der Waals surface area contributed by atoms with Crippen molar-refractivity contribution in [3.63, 3.8) is 0 Å². The van der Waals surface area contributed by atoms with Crippen LogP contribution in [0.4, 0.5) is 0 Å². The molecule has 8 heteroatoms. The number of ether oxygens (including phenoxy) is 1. The molecule has 5 aliphatic rings. The predicted octanol–water partition coefficient (Wildman–Crippen LogP) is 6.03. The Morgan fingerprint density at radius 1 is 1.11 bits per heavy atom. The fourth-order valence-electron chi connectivity index (χ4n) is 10.3. The van der Waals surface area contributed by atoms with Crippen LogP contribution in [0.15, 0.2) is 53.2 Å². The zero-order chi connectivity index (χ0) is 30.3. The van der Waals surface area contributed by atoms with Crippen molar-refractivity contribution >= 4 is 34.5 Å². The van der Waals surface area contributed by atoms with Crippen molar-refractivity contribution in [3.05, 3.63) is 59.4 Å². The summed E-state index contributed by atoms with van der Waals surface area (Å²) in [5.41, 5.74) is 2.64. The lowest BCUT2D eigenvalue weighted by atomic mass is 9.45. The molecular weight excluding hydrogens is 570 g/mol. The van der Waals surface area contributed by atoms with E-state index in [9.17, 15) is 15.0 Å². The maximum absolute atomic E-state index is 13.9. The third-order valence-corrected chi connectivity index (χ3v) is 13.5. The average Bonchev–Trinajstić information content (AvgIpc) is 3.55. The molecule has 7 unspecified atom stereocenters. The Hall–Kier alpha value is -2.52. The molecule has 2 aromatic heterocycles. The molecule has 8 rings (SSSR count). The van der Waals surface area contributed by atoms with Gasteiger partial charge in [0.05, 0.1) is 40.3 Å². The molecule has 4 aliphatic carbocycles. The van der Waals surface area contributed by atoms with Gasteiger partial charge in [0.1, 0.15) is 5.60 Å². The smallest absolute Gasteiger partial charge is 0.175 e. The van der Waals surface area contributed by atoms with Crippen molar-refractivity contribution < 1.29 is 19.7 Å². The number of aliphatic hydroxyl groups is 2.